The minimum atomic E-state index is -0.721. The summed E-state index contributed by atoms with van der Waals surface area (Å²) in [5.74, 6) is -0.832. The van der Waals surface area contributed by atoms with E-state index in [9.17, 15) is 4.79 Å². The summed E-state index contributed by atoms with van der Waals surface area (Å²) in [4.78, 5) is 10.7. The second kappa shape index (κ2) is 3.42. The van der Waals surface area contributed by atoms with Crippen LogP contribution in [0.2, 0.25) is 0 Å². The molecule has 3 heteroatoms. The van der Waals surface area contributed by atoms with Crippen molar-refractivity contribution in [1.29, 1.82) is 0 Å². The van der Waals surface area contributed by atoms with Crippen molar-refractivity contribution in [3.05, 3.63) is 35.9 Å². The van der Waals surface area contributed by atoms with Gasteiger partial charge in [-0.25, -0.2) is 0 Å². The molecule has 74 valence electrons. The van der Waals surface area contributed by atoms with Crippen molar-refractivity contribution in [3.8, 4) is 0 Å². The Balaban J connectivity index is 2.05. The second-order valence-corrected chi connectivity index (χ2v) is 3.78. The van der Waals surface area contributed by atoms with E-state index in [1.54, 1.807) is 0 Å². The number of hydrogen-bond donors (Lipinski definition) is 2. The van der Waals surface area contributed by atoms with Gasteiger partial charge in [0.25, 0.3) is 0 Å². The lowest BCUT2D eigenvalue weighted by atomic mass is 10.0. The van der Waals surface area contributed by atoms with Gasteiger partial charge in [-0.1, -0.05) is 30.3 Å². The molecule has 2 rings (SSSR count). The fraction of sp³-hybridized carbons (Fsp3) is 0.364. The van der Waals surface area contributed by atoms with Crippen LogP contribution in [-0.4, -0.2) is 11.1 Å². The summed E-state index contributed by atoms with van der Waals surface area (Å²) in [6, 6.07) is 9.54. The Morgan fingerprint density at radius 1 is 1.43 bits per heavy atom. The first-order valence-corrected chi connectivity index (χ1v) is 4.73. The number of rotatable bonds is 3. The summed E-state index contributed by atoms with van der Waals surface area (Å²) in [6.45, 7) is 0. The predicted molar refractivity (Wildman–Crippen MR) is 52.6 cm³/mol. The van der Waals surface area contributed by atoms with Crippen LogP contribution in [0.25, 0.3) is 0 Å². The molecule has 1 saturated carbocycles. The third-order valence-corrected chi connectivity index (χ3v) is 2.80. The smallest absolute Gasteiger partial charge is 0.306 e. The van der Waals surface area contributed by atoms with Crippen molar-refractivity contribution in [2.75, 3.05) is 0 Å². The average molecular weight is 191 g/mol. The Bertz CT molecular complexity index is 336. The number of benzene rings is 1. The molecule has 0 aromatic heterocycles. The quantitative estimate of drug-likeness (QED) is 0.759. The zero-order valence-corrected chi connectivity index (χ0v) is 7.76. The minimum Gasteiger partial charge on any atom is -0.481 e. The Kier molecular flexibility index (Phi) is 2.25. The molecule has 0 radical (unpaired) electrons. The molecule has 1 aliphatic carbocycles. The van der Waals surface area contributed by atoms with Crippen molar-refractivity contribution in [3.63, 3.8) is 0 Å². The van der Waals surface area contributed by atoms with Gasteiger partial charge in [-0.3, -0.25) is 4.79 Å². The second-order valence-electron chi connectivity index (χ2n) is 3.78. The van der Waals surface area contributed by atoms with Gasteiger partial charge in [-0.2, -0.15) is 0 Å². The van der Waals surface area contributed by atoms with Gasteiger partial charge in [-0.05, 0) is 17.9 Å². The summed E-state index contributed by atoms with van der Waals surface area (Å²) >= 11 is 0. The lowest BCUT2D eigenvalue weighted by molar-refractivity contribution is -0.138. The SMILES string of the molecule is N[C@H](c1ccccc1)[C@@H]1C[C@@H]1C(=O)O. The summed E-state index contributed by atoms with van der Waals surface area (Å²) in [7, 11) is 0. The van der Waals surface area contributed by atoms with Crippen LogP contribution in [0.5, 0.6) is 0 Å². The molecule has 1 fully saturated rings. The van der Waals surface area contributed by atoms with E-state index in [-0.39, 0.29) is 17.9 Å². The van der Waals surface area contributed by atoms with E-state index in [1.807, 2.05) is 30.3 Å². The van der Waals surface area contributed by atoms with Gasteiger partial charge in [-0.15, -0.1) is 0 Å². The highest BCUT2D eigenvalue weighted by Crippen LogP contribution is 2.46. The third-order valence-electron chi connectivity index (χ3n) is 2.80. The number of carboxylic acids is 1. The number of nitrogens with two attached hydrogens (primary N) is 1. The van der Waals surface area contributed by atoms with E-state index in [0.29, 0.717) is 6.42 Å². The number of aliphatic carboxylic acids is 1. The van der Waals surface area contributed by atoms with Gasteiger partial charge in [0.1, 0.15) is 0 Å². The van der Waals surface area contributed by atoms with Gasteiger partial charge in [0.15, 0.2) is 0 Å². The average Bonchev–Trinajstić information content (AvgIpc) is 2.97. The maximum absolute atomic E-state index is 10.7. The van der Waals surface area contributed by atoms with Crippen molar-refractivity contribution in [2.24, 2.45) is 17.6 Å². The molecular formula is C11H13NO2. The van der Waals surface area contributed by atoms with Gasteiger partial charge >= 0.3 is 5.97 Å². The summed E-state index contributed by atoms with van der Waals surface area (Å²) in [5, 5.41) is 8.76. The first-order chi connectivity index (χ1) is 6.70. The molecule has 14 heavy (non-hydrogen) atoms. The maximum Gasteiger partial charge on any atom is 0.306 e. The van der Waals surface area contributed by atoms with Gasteiger partial charge in [0.05, 0.1) is 5.92 Å². The predicted octanol–water partition coefficient (Wildman–Crippen LogP) is 1.41. The van der Waals surface area contributed by atoms with Gasteiger partial charge < -0.3 is 10.8 Å². The van der Waals surface area contributed by atoms with Crippen LogP contribution in [-0.2, 0) is 4.79 Å². The van der Waals surface area contributed by atoms with Crippen molar-refractivity contribution >= 4 is 5.97 Å². The number of hydrogen-bond acceptors (Lipinski definition) is 2. The molecule has 1 aromatic rings. The van der Waals surface area contributed by atoms with Gasteiger partial charge in [0.2, 0.25) is 0 Å². The molecule has 0 saturated heterocycles. The standard InChI is InChI=1S/C11H13NO2/c12-10(7-4-2-1-3-5-7)8-6-9(8)11(13)14/h1-5,8-10H,6,12H2,(H,13,14)/t8-,9+,10-/m1/s1. The molecule has 1 aliphatic rings. The molecular weight excluding hydrogens is 178 g/mol. The number of carbonyl (C=O) groups is 1. The Labute approximate surface area is 82.5 Å². The summed E-state index contributed by atoms with van der Waals surface area (Å²) in [5.41, 5.74) is 6.99. The van der Waals surface area contributed by atoms with Crippen LogP contribution < -0.4 is 5.73 Å². The fourth-order valence-electron chi connectivity index (χ4n) is 1.82. The Hall–Kier alpha value is -1.35. The largest absolute Gasteiger partial charge is 0.481 e. The first-order valence-electron chi connectivity index (χ1n) is 4.73. The highest BCUT2D eigenvalue weighted by Gasteiger charge is 2.47. The normalized spacial score (nSPS) is 26.9. The van der Waals surface area contributed by atoms with Crippen LogP contribution in [0.3, 0.4) is 0 Å². The molecule has 3 atom stereocenters. The van der Waals surface area contributed by atoms with E-state index in [1.165, 1.54) is 0 Å². The molecule has 0 spiro atoms. The van der Waals surface area contributed by atoms with Crippen molar-refractivity contribution in [2.45, 2.75) is 12.5 Å². The Morgan fingerprint density at radius 3 is 2.57 bits per heavy atom. The lowest BCUT2D eigenvalue weighted by Gasteiger charge is -2.10. The maximum atomic E-state index is 10.7. The summed E-state index contributed by atoms with van der Waals surface area (Å²) in [6.07, 6.45) is 0.714. The van der Waals surface area contributed by atoms with Crippen molar-refractivity contribution < 1.29 is 9.90 Å². The minimum absolute atomic E-state index is 0.120. The van der Waals surface area contributed by atoms with Gasteiger partial charge in [0, 0.05) is 6.04 Å². The summed E-state index contributed by atoms with van der Waals surface area (Å²) < 4.78 is 0. The van der Waals surface area contributed by atoms with E-state index >= 15 is 0 Å². The lowest BCUT2D eigenvalue weighted by Crippen LogP contribution is -2.15. The van der Waals surface area contributed by atoms with E-state index in [0.717, 1.165) is 5.56 Å². The third kappa shape index (κ3) is 1.63. The topological polar surface area (TPSA) is 63.3 Å². The van der Waals surface area contributed by atoms with E-state index < -0.39 is 5.97 Å². The van der Waals surface area contributed by atoms with E-state index in [2.05, 4.69) is 0 Å². The highest BCUT2D eigenvalue weighted by molar-refractivity contribution is 5.73. The first kappa shape index (κ1) is 9.21. The Morgan fingerprint density at radius 2 is 2.07 bits per heavy atom. The molecule has 0 amide bonds. The molecule has 0 unspecified atom stereocenters. The zero-order valence-electron chi connectivity index (χ0n) is 7.76. The molecule has 3 N–H and O–H groups in total. The van der Waals surface area contributed by atoms with Crippen molar-refractivity contribution in [1.82, 2.24) is 0 Å². The molecule has 0 aliphatic heterocycles. The van der Waals surface area contributed by atoms with Crippen LogP contribution in [0, 0.1) is 11.8 Å². The molecule has 3 nitrogen and oxygen atoms in total. The van der Waals surface area contributed by atoms with Crippen LogP contribution >= 0.6 is 0 Å². The monoisotopic (exact) mass is 191 g/mol. The number of carboxylic acid groups (broad SMARTS) is 1. The molecule has 1 aromatic carbocycles. The van der Waals surface area contributed by atoms with E-state index in [4.69, 9.17) is 10.8 Å². The zero-order chi connectivity index (χ0) is 10.1. The van der Waals surface area contributed by atoms with Crippen LogP contribution in [0.1, 0.15) is 18.0 Å². The highest BCUT2D eigenvalue weighted by atomic mass is 16.4. The van der Waals surface area contributed by atoms with Crippen LogP contribution in [0.4, 0.5) is 0 Å². The van der Waals surface area contributed by atoms with Crippen LogP contribution in [0.15, 0.2) is 30.3 Å². The fourth-order valence-corrected chi connectivity index (χ4v) is 1.82. The molecule has 0 heterocycles. The molecule has 0 bridgehead atoms.